The first-order valence-corrected chi connectivity index (χ1v) is 5.92. The lowest BCUT2D eigenvalue weighted by Crippen LogP contribution is -2.35. The highest BCUT2D eigenvalue weighted by Crippen LogP contribution is 2.50. The number of hydrogen-bond donors (Lipinski definition) is 2. The predicted octanol–water partition coefficient (Wildman–Crippen LogP) is 0.582. The molecule has 2 rings (SSSR count). The van der Waals surface area contributed by atoms with Crippen molar-refractivity contribution in [3.63, 3.8) is 0 Å². The third-order valence-corrected chi connectivity index (χ3v) is 3.61. The Morgan fingerprint density at radius 3 is 2.88 bits per heavy atom. The lowest BCUT2D eigenvalue weighted by atomic mass is 10.1. The molecule has 1 fully saturated rings. The zero-order chi connectivity index (χ0) is 12.6. The lowest BCUT2D eigenvalue weighted by Gasteiger charge is -2.11. The maximum absolute atomic E-state index is 11.8. The summed E-state index contributed by atoms with van der Waals surface area (Å²) >= 11 is 0. The van der Waals surface area contributed by atoms with Crippen LogP contribution in [0.2, 0.25) is 0 Å². The van der Waals surface area contributed by atoms with Crippen LogP contribution in [0, 0.1) is 11.3 Å². The van der Waals surface area contributed by atoms with Crippen LogP contribution in [-0.4, -0.2) is 22.2 Å². The van der Waals surface area contributed by atoms with E-state index in [9.17, 15) is 4.79 Å². The normalized spacial score (nSPS) is 23.2. The van der Waals surface area contributed by atoms with Crippen molar-refractivity contribution in [3.8, 4) is 0 Å². The second-order valence-corrected chi connectivity index (χ2v) is 5.56. The predicted molar refractivity (Wildman–Crippen MR) is 65.0 cm³/mol. The minimum Gasteiger partial charge on any atom is -0.354 e. The second-order valence-electron chi connectivity index (χ2n) is 5.56. The van der Waals surface area contributed by atoms with Gasteiger partial charge in [-0.3, -0.25) is 9.48 Å². The van der Waals surface area contributed by atoms with E-state index in [1.165, 1.54) is 6.42 Å². The molecule has 0 aromatic carbocycles. The van der Waals surface area contributed by atoms with E-state index in [1.54, 1.807) is 24.1 Å². The molecule has 0 spiro atoms. The van der Waals surface area contributed by atoms with Gasteiger partial charge in [0.1, 0.15) is 6.04 Å². The average Bonchev–Trinajstić information content (AvgIpc) is 2.67. The maximum atomic E-state index is 11.8. The summed E-state index contributed by atoms with van der Waals surface area (Å²) in [5, 5.41) is 6.91. The summed E-state index contributed by atoms with van der Waals surface area (Å²) < 4.78 is 1.65. The molecular formula is C12H20N4O. The molecule has 1 aliphatic rings. The van der Waals surface area contributed by atoms with E-state index in [4.69, 9.17) is 5.73 Å². The summed E-state index contributed by atoms with van der Waals surface area (Å²) in [6.07, 6.45) is 4.58. The Balaban J connectivity index is 1.84. The van der Waals surface area contributed by atoms with Gasteiger partial charge in [-0.25, -0.2) is 0 Å². The lowest BCUT2D eigenvalue weighted by molar-refractivity contribution is -0.122. The van der Waals surface area contributed by atoms with Gasteiger partial charge in [0, 0.05) is 25.4 Å². The van der Waals surface area contributed by atoms with E-state index < -0.39 is 6.04 Å². The zero-order valence-corrected chi connectivity index (χ0v) is 10.6. The number of nitrogens with zero attached hydrogens (tertiary/aromatic N) is 2. The first-order chi connectivity index (χ1) is 7.90. The van der Waals surface area contributed by atoms with Gasteiger partial charge in [-0.2, -0.15) is 5.10 Å². The van der Waals surface area contributed by atoms with Gasteiger partial charge in [-0.15, -0.1) is 0 Å². The number of nitrogens with one attached hydrogen (secondary N) is 1. The largest absolute Gasteiger partial charge is 0.354 e. The molecule has 0 radical (unpaired) electrons. The standard InChI is InChI=1S/C12H20N4O/c1-12(2)4-9(12)6-14-11(17)10(13)8-5-15-16(3)7-8/h5,7,9-10H,4,6,13H2,1-3H3,(H,14,17). The third kappa shape index (κ3) is 2.66. The fourth-order valence-corrected chi connectivity index (χ4v) is 2.01. The molecule has 0 aliphatic heterocycles. The first kappa shape index (κ1) is 12.1. The summed E-state index contributed by atoms with van der Waals surface area (Å²) in [5.74, 6) is 0.466. The number of amides is 1. The number of carbonyl (C=O) groups is 1. The summed E-state index contributed by atoms with van der Waals surface area (Å²) in [4.78, 5) is 11.8. The number of rotatable bonds is 4. The number of aryl methyl sites for hydroxylation is 1. The summed E-state index contributed by atoms with van der Waals surface area (Å²) in [5.41, 5.74) is 6.99. The molecule has 1 aliphatic carbocycles. The molecular weight excluding hydrogens is 216 g/mol. The fourth-order valence-electron chi connectivity index (χ4n) is 2.01. The molecule has 94 valence electrons. The molecule has 17 heavy (non-hydrogen) atoms. The zero-order valence-electron chi connectivity index (χ0n) is 10.6. The van der Waals surface area contributed by atoms with Crippen LogP contribution in [-0.2, 0) is 11.8 Å². The van der Waals surface area contributed by atoms with Crippen molar-refractivity contribution in [2.45, 2.75) is 26.3 Å². The Hall–Kier alpha value is -1.36. The highest BCUT2D eigenvalue weighted by Gasteiger charge is 2.45. The van der Waals surface area contributed by atoms with Gasteiger partial charge in [0.2, 0.25) is 5.91 Å². The quantitative estimate of drug-likeness (QED) is 0.803. The Bertz CT molecular complexity index is 424. The molecule has 1 aromatic rings. The van der Waals surface area contributed by atoms with Crippen LogP contribution in [0.3, 0.4) is 0 Å². The topological polar surface area (TPSA) is 72.9 Å². The molecule has 0 bridgehead atoms. The Morgan fingerprint density at radius 2 is 2.41 bits per heavy atom. The average molecular weight is 236 g/mol. The SMILES string of the molecule is Cn1cc(C(N)C(=O)NCC2CC2(C)C)cn1. The van der Waals surface area contributed by atoms with E-state index in [2.05, 4.69) is 24.3 Å². The van der Waals surface area contributed by atoms with Crippen molar-refractivity contribution in [1.29, 1.82) is 0 Å². The molecule has 3 N–H and O–H groups in total. The highest BCUT2D eigenvalue weighted by molar-refractivity contribution is 5.82. The van der Waals surface area contributed by atoms with Crippen LogP contribution in [0.4, 0.5) is 0 Å². The summed E-state index contributed by atoms with van der Waals surface area (Å²) in [6.45, 7) is 5.15. The molecule has 0 saturated heterocycles. The van der Waals surface area contributed by atoms with E-state index >= 15 is 0 Å². The Morgan fingerprint density at radius 1 is 1.76 bits per heavy atom. The molecule has 1 saturated carbocycles. The van der Waals surface area contributed by atoms with E-state index in [1.807, 2.05) is 0 Å². The smallest absolute Gasteiger partial charge is 0.241 e. The van der Waals surface area contributed by atoms with Gasteiger partial charge in [0.15, 0.2) is 0 Å². The molecule has 5 heteroatoms. The van der Waals surface area contributed by atoms with Crippen molar-refractivity contribution in [3.05, 3.63) is 18.0 Å². The monoisotopic (exact) mass is 236 g/mol. The van der Waals surface area contributed by atoms with Gasteiger partial charge >= 0.3 is 0 Å². The van der Waals surface area contributed by atoms with E-state index in [-0.39, 0.29) is 5.91 Å². The number of nitrogens with two attached hydrogens (primary N) is 1. The van der Waals surface area contributed by atoms with Crippen LogP contribution in [0.5, 0.6) is 0 Å². The van der Waals surface area contributed by atoms with Crippen LogP contribution >= 0.6 is 0 Å². The fraction of sp³-hybridized carbons (Fsp3) is 0.667. The molecule has 2 atom stereocenters. The van der Waals surface area contributed by atoms with Crippen LogP contribution < -0.4 is 11.1 Å². The minimum atomic E-state index is -0.620. The highest BCUT2D eigenvalue weighted by atomic mass is 16.2. The third-order valence-electron chi connectivity index (χ3n) is 3.61. The Kier molecular flexibility index (Phi) is 2.95. The minimum absolute atomic E-state index is 0.124. The van der Waals surface area contributed by atoms with E-state index in [0.717, 1.165) is 12.1 Å². The van der Waals surface area contributed by atoms with Gasteiger partial charge in [-0.1, -0.05) is 13.8 Å². The van der Waals surface area contributed by atoms with Gasteiger partial charge in [-0.05, 0) is 17.8 Å². The van der Waals surface area contributed by atoms with Crippen LogP contribution in [0.1, 0.15) is 31.9 Å². The van der Waals surface area contributed by atoms with Crippen molar-refractivity contribution >= 4 is 5.91 Å². The summed E-state index contributed by atoms with van der Waals surface area (Å²) in [6, 6.07) is -0.620. The second kappa shape index (κ2) is 4.14. The van der Waals surface area contributed by atoms with Gasteiger partial charge in [0.25, 0.3) is 0 Å². The van der Waals surface area contributed by atoms with Crippen LogP contribution in [0.15, 0.2) is 12.4 Å². The van der Waals surface area contributed by atoms with Gasteiger partial charge < -0.3 is 11.1 Å². The number of hydrogen-bond acceptors (Lipinski definition) is 3. The van der Waals surface area contributed by atoms with Gasteiger partial charge in [0.05, 0.1) is 6.20 Å². The maximum Gasteiger partial charge on any atom is 0.241 e. The molecule has 2 unspecified atom stereocenters. The molecule has 5 nitrogen and oxygen atoms in total. The van der Waals surface area contributed by atoms with Crippen molar-refractivity contribution < 1.29 is 4.79 Å². The summed E-state index contributed by atoms with van der Waals surface area (Å²) in [7, 11) is 1.81. The van der Waals surface area contributed by atoms with Crippen molar-refractivity contribution in [2.24, 2.45) is 24.1 Å². The van der Waals surface area contributed by atoms with Crippen LogP contribution in [0.25, 0.3) is 0 Å². The van der Waals surface area contributed by atoms with E-state index in [0.29, 0.717) is 11.3 Å². The molecule has 1 aromatic heterocycles. The van der Waals surface area contributed by atoms with Crippen molar-refractivity contribution in [1.82, 2.24) is 15.1 Å². The molecule has 1 amide bonds. The first-order valence-electron chi connectivity index (χ1n) is 5.92. The Labute approximate surface area is 101 Å². The molecule has 1 heterocycles. The number of carbonyl (C=O) groups excluding carboxylic acids is 1. The van der Waals surface area contributed by atoms with Crippen molar-refractivity contribution in [2.75, 3.05) is 6.54 Å². The number of aromatic nitrogens is 2.